The van der Waals surface area contributed by atoms with Gasteiger partial charge in [0.25, 0.3) is 5.91 Å². The summed E-state index contributed by atoms with van der Waals surface area (Å²) >= 11 is 12.3. The van der Waals surface area contributed by atoms with Gasteiger partial charge < -0.3 is 10.2 Å². The zero-order valence-electron chi connectivity index (χ0n) is 17.0. The third-order valence-corrected chi connectivity index (χ3v) is 5.97. The quantitative estimate of drug-likeness (QED) is 0.462. The molecule has 0 radical (unpaired) electrons. The van der Waals surface area contributed by atoms with E-state index in [4.69, 9.17) is 23.2 Å². The number of nitrogens with one attached hydrogen (secondary N) is 1. The molecule has 4 nitrogen and oxygen atoms in total. The van der Waals surface area contributed by atoms with Crippen molar-refractivity contribution in [3.8, 4) is 11.1 Å². The van der Waals surface area contributed by atoms with Crippen molar-refractivity contribution in [2.75, 3.05) is 11.9 Å². The van der Waals surface area contributed by atoms with Crippen LogP contribution in [0.1, 0.15) is 21.5 Å². The van der Waals surface area contributed by atoms with Crippen molar-refractivity contribution in [1.29, 1.82) is 0 Å². The van der Waals surface area contributed by atoms with Crippen LogP contribution in [0.3, 0.4) is 0 Å². The molecular formula is C24H17Cl2F3N2O2. The van der Waals surface area contributed by atoms with Crippen LogP contribution in [0.25, 0.3) is 11.1 Å². The highest BCUT2D eigenvalue weighted by Crippen LogP contribution is 2.37. The Labute approximate surface area is 197 Å². The van der Waals surface area contributed by atoms with Gasteiger partial charge in [-0.3, -0.25) is 9.59 Å². The second-order valence-corrected chi connectivity index (χ2v) is 8.42. The molecule has 3 aromatic rings. The fraction of sp³-hybridized carbons (Fsp3) is 0.167. The Balaban J connectivity index is 1.74. The second-order valence-electron chi connectivity index (χ2n) is 7.58. The molecule has 1 N–H and O–H groups in total. The number of benzene rings is 3. The van der Waals surface area contributed by atoms with Crippen LogP contribution >= 0.6 is 23.2 Å². The van der Waals surface area contributed by atoms with Crippen molar-refractivity contribution in [3.63, 3.8) is 0 Å². The predicted molar refractivity (Wildman–Crippen MR) is 121 cm³/mol. The fourth-order valence-corrected chi connectivity index (χ4v) is 4.21. The summed E-state index contributed by atoms with van der Waals surface area (Å²) in [5.41, 5.74) is 3.44. The van der Waals surface area contributed by atoms with E-state index in [-0.39, 0.29) is 19.5 Å². The molecule has 1 aliphatic heterocycles. The number of anilines is 1. The van der Waals surface area contributed by atoms with E-state index in [0.29, 0.717) is 38.0 Å². The summed E-state index contributed by atoms with van der Waals surface area (Å²) in [4.78, 5) is 25.3. The number of carbonyl (C=O) groups is 2. The van der Waals surface area contributed by atoms with E-state index in [0.717, 1.165) is 10.5 Å². The van der Waals surface area contributed by atoms with Crippen LogP contribution < -0.4 is 5.32 Å². The molecule has 4 rings (SSSR count). The van der Waals surface area contributed by atoms with E-state index in [1.807, 2.05) is 0 Å². The number of fused-ring (bicyclic) bond motifs is 1. The summed E-state index contributed by atoms with van der Waals surface area (Å²) in [7, 11) is 0. The first-order valence-electron chi connectivity index (χ1n) is 9.97. The minimum Gasteiger partial charge on any atom is -0.330 e. The molecule has 0 spiro atoms. The van der Waals surface area contributed by atoms with Crippen molar-refractivity contribution in [1.82, 2.24) is 4.90 Å². The topological polar surface area (TPSA) is 49.4 Å². The number of hydrogen-bond donors (Lipinski definition) is 1. The maximum Gasteiger partial charge on any atom is 0.471 e. The van der Waals surface area contributed by atoms with E-state index >= 15 is 0 Å². The Hall–Kier alpha value is -3.03. The minimum atomic E-state index is -4.95. The number of alkyl halides is 3. The van der Waals surface area contributed by atoms with Gasteiger partial charge in [-0.25, -0.2) is 0 Å². The molecule has 9 heteroatoms. The molecule has 0 saturated heterocycles. The summed E-state index contributed by atoms with van der Waals surface area (Å²) in [5, 5.41) is 3.73. The lowest BCUT2D eigenvalue weighted by Gasteiger charge is -2.31. The van der Waals surface area contributed by atoms with Crippen LogP contribution in [0.2, 0.25) is 10.0 Å². The number of rotatable bonds is 3. The van der Waals surface area contributed by atoms with Crippen LogP contribution in [0.5, 0.6) is 0 Å². The smallest absolute Gasteiger partial charge is 0.330 e. The Bertz CT molecular complexity index is 1230. The average Bonchev–Trinajstić information content (AvgIpc) is 2.78. The summed E-state index contributed by atoms with van der Waals surface area (Å²) < 4.78 is 39.0. The lowest BCUT2D eigenvalue weighted by atomic mass is 9.89. The highest BCUT2D eigenvalue weighted by Gasteiger charge is 2.43. The molecule has 0 saturated carbocycles. The molecule has 0 unspecified atom stereocenters. The van der Waals surface area contributed by atoms with E-state index in [1.165, 1.54) is 0 Å². The number of amides is 2. The summed E-state index contributed by atoms with van der Waals surface area (Å²) in [5.74, 6) is -2.29. The molecule has 0 aromatic heterocycles. The predicted octanol–water partition coefficient (Wildman–Crippen LogP) is 6.36. The van der Waals surface area contributed by atoms with E-state index in [1.54, 1.807) is 60.7 Å². The van der Waals surface area contributed by atoms with E-state index in [9.17, 15) is 22.8 Å². The number of carbonyl (C=O) groups excluding carboxylic acids is 2. The van der Waals surface area contributed by atoms with Crippen molar-refractivity contribution in [2.45, 2.75) is 19.1 Å². The molecule has 2 amide bonds. The van der Waals surface area contributed by atoms with Crippen molar-refractivity contribution >= 4 is 40.7 Å². The summed E-state index contributed by atoms with van der Waals surface area (Å²) in [6.45, 7) is -0.297. The average molecular weight is 493 g/mol. The molecule has 0 fully saturated rings. The van der Waals surface area contributed by atoms with Gasteiger partial charge in [0.1, 0.15) is 0 Å². The van der Waals surface area contributed by atoms with Gasteiger partial charge in [0.15, 0.2) is 0 Å². The van der Waals surface area contributed by atoms with Crippen molar-refractivity contribution < 1.29 is 22.8 Å². The maximum absolute atomic E-state index is 13.0. The lowest BCUT2D eigenvalue weighted by Crippen LogP contribution is -2.43. The summed E-state index contributed by atoms with van der Waals surface area (Å²) in [6.07, 6.45) is -4.73. The largest absolute Gasteiger partial charge is 0.471 e. The Kier molecular flexibility index (Phi) is 6.36. The van der Waals surface area contributed by atoms with Gasteiger partial charge in [-0.2, -0.15) is 13.2 Å². The van der Waals surface area contributed by atoms with E-state index in [2.05, 4.69) is 5.32 Å². The third kappa shape index (κ3) is 4.99. The Morgan fingerprint density at radius 3 is 2.30 bits per heavy atom. The molecule has 0 atom stereocenters. The Morgan fingerprint density at radius 2 is 1.64 bits per heavy atom. The fourth-order valence-electron chi connectivity index (χ4n) is 3.85. The summed E-state index contributed by atoms with van der Waals surface area (Å²) in [6, 6.07) is 16.7. The van der Waals surface area contributed by atoms with E-state index < -0.39 is 18.0 Å². The normalized spacial score (nSPS) is 13.4. The Morgan fingerprint density at radius 1 is 0.939 bits per heavy atom. The zero-order chi connectivity index (χ0) is 23.8. The molecule has 170 valence electrons. The number of hydrogen-bond acceptors (Lipinski definition) is 2. The van der Waals surface area contributed by atoms with Gasteiger partial charge >= 0.3 is 12.1 Å². The van der Waals surface area contributed by atoms with Crippen molar-refractivity contribution in [3.05, 3.63) is 87.4 Å². The molecule has 3 aromatic carbocycles. The molecule has 1 heterocycles. The number of halogens is 5. The molecular weight excluding hydrogens is 476 g/mol. The van der Waals surface area contributed by atoms with Gasteiger partial charge in [0.2, 0.25) is 0 Å². The van der Waals surface area contributed by atoms with Crippen LogP contribution in [0.15, 0.2) is 60.7 Å². The first kappa shape index (κ1) is 23.1. The molecule has 0 aliphatic carbocycles. The molecule has 0 bridgehead atoms. The van der Waals surface area contributed by atoms with Gasteiger partial charge in [0.05, 0.1) is 0 Å². The molecule has 1 aliphatic rings. The van der Waals surface area contributed by atoms with Crippen LogP contribution in [0, 0.1) is 0 Å². The highest BCUT2D eigenvalue weighted by molar-refractivity contribution is 6.33. The van der Waals surface area contributed by atoms with Gasteiger partial charge in [-0.1, -0.05) is 41.4 Å². The van der Waals surface area contributed by atoms with Crippen LogP contribution in [-0.2, 0) is 17.8 Å². The SMILES string of the molecule is O=C(Nc1cc2c(c(-c3ccccc3Cl)c1)CCN(C(=O)C(F)(F)F)C2)c1ccc(Cl)cc1. The van der Waals surface area contributed by atoms with Gasteiger partial charge in [0, 0.05) is 39.9 Å². The van der Waals surface area contributed by atoms with Crippen LogP contribution in [-0.4, -0.2) is 29.4 Å². The maximum atomic E-state index is 13.0. The van der Waals surface area contributed by atoms with Gasteiger partial charge in [-0.05, 0) is 65.6 Å². The third-order valence-electron chi connectivity index (χ3n) is 5.39. The second kappa shape index (κ2) is 9.08. The minimum absolute atomic E-state index is 0.0702. The van der Waals surface area contributed by atoms with Crippen molar-refractivity contribution in [2.24, 2.45) is 0 Å². The van der Waals surface area contributed by atoms with Gasteiger partial charge in [-0.15, -0.1) is 0 Å². The van der Waals surface area contributed by atoms with Crippen LogP contribution in [0.4, 0.5) is 18.9 Å². The number of nitrogens with zero attached hydrogens (tertiary/aromatic N) is 1. The monoisotopic (exact) mass is 492 g/mol. The zero-order valence-corrected chi connectivity index (χ0v) is 18.6. The highest BCUT2D eigenvalue weighted by atomic mass is 35.5. The first-order valence-corrected chi connectivity index (χ1v) is 10.7. The standard InChI is InChI=1S/C24H17Cl2F3N2O2/c25-16-7-5-14(6-8-16)22(32)30-17-11-15-13-31(23(33)24(27,28)29)10-9-18(15)20(12-17)19-3-1-2-4-21(19)26/h1-8,11-12H,9-10,13H2,(H,30,32). The lowest BCUT2D eigenvalue weighted by molar-refractivity contribution is -0.186. The first-order chi connectivity index (χ1) is 15.6. The molecule has 33 heavy (non-hydrogen) atoms.